The minimum Gasteiger partial charge on any atom is -0.508 e. The van der Waals surface area contributed by atoms with Gasteiger partial charge in [-0.1, -0.05) is 84.0 Å². The van der Waals surface area contributed by atoms with E-state index in [1.54, 1.807) is 66.4 Å². The standard InChI is InChI=1S/C28H24N2O4/c1-20-28(27(34-29-20)17-14-21-12-15-24(31)16-13-21)30(18-25(32)22-8-4-2-5-9-22)19-26(33)23-10-6-3-7-11-23/h2-17,31H,18-19H2,1H3/b17-14+. The fourth-order valence-corrected chi connectivity index (χ4v) is 3.63. The van der Waals surface area contributed by atoms with Crippen LogP contribution in [0, 0.1) is 6.92 Å². The van der Waals surface area contributed by atoms with Crippen LogP contribution < -0.4 is 4.90 Å². The number of carbonyl (C=O) groups excluding carboxylic acids is 2. The van der Waals surface area contributed by atoms with Gasteiger partial charge in [0.05, 0.1) is 13.1 Å². The highest BCUT2D eigenvalue weighted by Gasteiger charge is 2.24. The van der Waals surface area contributed by atoms with Crippen LogP contribution in [0.5, 0.6) is 5.75 Å². The molecule has 0 aliphatic carbocycles. The summed E-state index contributed by atoms with van der Waals surface area (Å²) in [5.41, 5.74) is 3.14. The summed E-state index contributed by atoms with van der Waals surface area (Å²) in [5.74, 6) is 0.386. The van der Waals surface area contributed by atoms with E-state index in [-0.39, 0.29) is 30.4 Å². The van der Waals surface area contributed by atoms with E-state index >= 15 is 0 Å². The highest BCUT2D eigenvalue weighted by atomic mass is 16.5. The second kappa shape index (κ2) is 10.4. The second-order valence-corrected chi connectivity index (χ2v) is 7.84. The number of aryl methyl sites for hydroxylation is 1. The molecule has 0 saturated carbocycles. The fourth-order valence-electron chi connectivity index (χ4n) is 3.63. The van der Waals surface area contributed by atoms with Gasteiger partial charge in [-0.15, -0.1) is 0 Å². The van der Waals surface area contributed by atoms with Crippen LogP contribution in [-0.2, 0) is 0 Å². The van der Waals surface area contributed by atoms with Gasteiger partial charge in [0.25, 0.3) is 0 Å². The lowest BCUT2D eigenvalue weighted by Gasteiger charge is -2.23. The summed E-state index contributed by atoms with van der Waals surface area (Å²) in [7, 11) is 0. The zero-order chi connectivity index (χ0) is 23.9. The van der Waals surface area contributed by atoms with Crippen molar-refractivity contribution in [3.05, 3.63) is 113 Å². The molecule has 1 aromatic heterocycles. The topological polar surface area (TPSA) is 83.6 Å². The van der Waals surface area contributed by atoms with Gasteiger partial charge in [0.2, 0.25) is 0 Å². The van der Waals surface area contributed by atoms with Crippen LogP contribution in [0.2, 0.25) is 0 Å². The Hall–Kier alpha value is -4.45. The number of hydrogen-bond donors (Lipinski definition) is 1. The molecule has 0 spiro atoms. The van der Waals surface area contributed by atoms with Gasteiger partial charge in [-0.3, -0.25) is 9.59 Å². The van der Waals surface area contributed by atoms with Crippen LogP contribution in [0.3, 0.4) is 0 Å². The number of rotatable bonds is 9. The van der Waals surface area contributed by atoms with Gasteiger partial charge >= 0.3 is 0 Å². The molecule has 0 aliphatic heterocycles. The van der Waals surface area contributed by atoms with Gasteiger partial charge in [-0.2, -0.15) is 0 Å². The Bertz CT molecular complexity index is 1240. The summed E-state index contributed by atoms with van der Waals surface area (Å²) >= 11 is 0. The average Bonchev–Trinajstić information content (AvgIpc) is 3.24. The highest BCUT2D eigenvalue weighted by Crippen LogP contribution is 2.28. The normalized spacial score (nSPS) is 11.0. The molecule has 0 aliphatic rings. The molecule has 0 amide bonds. The maximum Gasteiger partial charge on any atom is 0.183 e. The van der Waals surface area contributed by atoms with Crippen molar-refractivity contribution in [1.29, 1.82) is 0 Å². The van der Waals surface area contributed by atoms with Gasteiger partial charge in [-0.25, -0.2) is 0 Å². The van der Waals surface area contributed by atoms with Gasteiger partial charge < -0.3 is 14.5 Å². The summed E-state index contributed by atoms with van der Waals surface area (Å²) < 4.78 is 5.55. The van der Waals surface area contributed by atoms with Crippen LogP contribution in [0.25, 0.3) is 12.2 Å². The van der Waals surface area contributed by atoms with Crippen molar-refractivity contribution in [3.63, 3.8) is 0 Å². The number of aromatic nitrogens is 1. The van der Waals surface area contributed by atoms with Crippen molar-refractivity contribution in [2.75, 3.05) is 18.0 Å². The van der Waals surface area contributed by atoms with Gasteiger partial charge in [0, 0.05) is 11.1 Å². The molecule has 1 N–H and O–H groups in total. The zero-order valence-electron chi connectivity index (χ0n) is 18.7. The molecule has 3 aromatic carbocycles. The quantitative estimate of drug-likeness (QED) is 0.341. The summed E-state index contributed by atoms with van der Waals surface area (Å²) in [6.45, 7) is 1.76. The number of phenols is 1. The van der Waals surface area contributed by atoms with E-state index in [0.29, 0.717) is 28.3 Å². The Morgan fingerprint density at radius 2 is 1.35 bits per heavy atom. The molecule has 0 fully saturated rings. The molecule has 170 valence electrons. The molecular formula is C28H24N2O4. The molecule has 6 heteroatoms. The molecule has 0 radical (unpaired) electrons. The first-order valence-corrected chi connectivity index (χ1v) is 10.9. The van der Waals surface area contributed by atoms with Crippen LogP contribution >= 0.6 is 0 Å². The Labute approximate surface area is 197 Å². The van der Waals surface area contributed by atoms with Crippen molar-refractivity contribution in [1.82, 2.24) is 5.16 Å². The second-order valence-electron chi connectivity index (χ2n) is 7.84. The van der Waals surface area contributed by atoms with E-state index in [4.69, 9.17) is 4.52 Å². The molecule has 34 heavy (non-hydrogen) atoms. The lowest BCUT2D eigenvalue weighted by molar-refractivity contribution is 0.0984. The number of benzene rings is 3. The third kappa shape index (κ3) is 5.48. The summed E-state index contributed by atoms with van der Waals surface area (Å²) in [6, 6.07) is 24.7. The molecule has 1 heterocycles. The summed E-state index contributed by atoms with van der Waals surface area (Å²) in [5, 5.41) is 13.6. The summed E-state index contributed by atoms with van der Waals surface area (Å²) in [4.78, 5) is 27.8. The Kier molecular flexibility index (Phi) is 6.98. The number of carbonyl (C=O) groups is 2. The SMILES string of the molecule is Cc1noc(/C=C/c2ccc(O)cc2)c1N(CC(=O)c1ccccc1)CC(=O)c1ccccc1. The number of Topliss-reactive ketones (excluding diaryl/α,β-unsaturated/α-hetero) is 2. The Morgan fingerprint density at radius 1 is 0.824 bits per heavy atom. The van der Waals surface area contributed by atoms with Crippen LogP contribution in [0.4, 0.5) is 5.69 Å². The maximum absolute atomic E-state index is 13.1. The number of nitrogens with zero attached hydrogens (tertiary/aromatic N) is 2. The third-order valence-electron chi connectivity index (χ3n) is 5.35. The number of anilines is 1. The van der Waals surface area contributed by atoms with Gasteiger partial charge in [0.1, 0.15) is 17.1 Å². The van der Waals surface area contributed by atoms with Crippen LogP contribution in [-0.4, -0.2) is 34.9 Å². The predicted molar refractivity (Wildman–Crippen MR) is 132 cm³/mol. The maximum atomic E-state index is 13.1. The molecule has 4 aromatic rings. The fraction of sp³-hybridized carbons (Fsp3) is 0.107. The first-order chi connectivity index (χ1) is 16.5. The van der Waals surface area contributed by atoms with E-state index in [2.05, 4.69) is 5.16 Å². The van der Waals surface area contributed by atoms with Crippen LogP contribution in [0.1, 0.15) is 37.7 Å². The van der Waals surface area contributed by atoms with E-state index in [0.717, 1.165) is 5.56 Å². The molecule has 4 rings (SSSR count). The smallest absolute Gasteiger partial charge is 0.183 e. The van der Waals surface area contributed by atoms with Crippen LogP contribution in [0.15, 0.2) is 89.5 Å². The minimum atomic E-state index is -0.115. The summed E-state index contributed by atoms with van der Waals surface area (Å²) in [6.07, 6.45) is 3.56. The number of hydrogen-bond acceptors (Lipinski definition) is 6. The van der Waals surface area contributed by atoms with Crippen molar-refractivity contribution in [2.24, 2.45) is 0 Å². The van der Waals surface area contributed by atoms with Gasteiger partial charge in [-0.05, 0) is 30.7 Å². The van der Waals surface area contributed by atoms with E-state index < -0.39 is 0 Å². The molecule has 0 atom stereocenters. The first kappa shape index (κ1) is 22.7. The highest BCUT2D eigenvalue weighted by molar-refractivity contribution is 6.03. The number of aromatic hydroxyl groups is 1. The third-order valence-corrected chi connectivity index (χ3v) is 5.35. The van der Waals surface area contributed by atoms with Gasteiger partial charge in [0.15, 0.2) is 17.3 Å². The van der Waals surface area contributed by atoms with E-state index in [9.17, 15) is 14.7 Å². The molecule has 0 saturated heterocycles. The van der Waals surface area contributed by atoms with Crippen molar-refractivity contribution in [2.45, 2.75) is 6.92 Å². The monoisotopic (exact) mass is 452 g/mol. The predicted octanol–water partition coefficient (Wildman–Crippen LogP) is 5.43. The molecular weight excluding hydrogens is 428 g/mol. The van der Waals surface area contributed by atoms with E-state index in [1.165, 1.54) is 0 Å². The minimum absolute atomic E-state index is 0.00924. The molecule has 0 bridgehead atoms. The molecule has 6 nitrogen and oxygen atoms in total. The lowest BCUT2D eigenvalue weighted by atomic mass is 10.1. The number of ketones is 2. The number of phenolic OH excluding ortho intramolecular Hbond substituents is 1. The largest absolute Gasteiger partial charge is 0.508 e. The van der Waals surface area contributed by atoms with Crippen molar-refractivity contribution < 1.29 is 19.2 Å². The first-order valence-electron chi connectivity index (χ1n) is 10.9. The average molecular weight is 453 g/mol. The lowest BCUT2D eigenvalue weighted by Crippen LogP contribution is -2.35. The van der Waals surface area contributed by atoms with Crippen molar-refractivity contribution in [3.8, 4) is 5.75 Å². The van der Waals surface area contributed by atoms with Crippen molar-refractivity contribution >= 4 is 29.4 Å². The Morgan fingerprint density at radius 3 is 1.88 bits per heavy atom. The Balaban J connectivity index is 1.66. The zero-order valence-corrected chi connectivity index (χ0v) is 18.7. The molecule has 0 unspecified atom stereocenters. The van der Waals surface area contributed by atoms with E-state index in [1.807, 2.05) is 42.5 Å².